The molecule has 0 aromatic carbocycles. The molecule has 0 saturated heterocycles. The minimum atomic E-state index is 0.802. The second kappa shape index (κ2) is 4.59. The third-order valence-corrected chi connectivity index (χ3v) is 2.13. The van der Waals surface area contributed by atoms with E-state index in [1.807, 2.05) is 18.5 Å². The first-order valence-corrected chi connectivity index (χ1v) is 5.04. The number of nitrogens with zero attached hydrogens (tertiary/aromatic N) is 3. The minimum Gasteiger partial charge on any atom is -0.356 e. The van der Waals surface area contributed by atoms with E-state index in [0.717, 1.165) is 19.0 Å². The standard InChI is InChI=1S/C11H14N4/c1-2-13-11-14-6-7-15(11)9-10-4-3-5-12-8-10/h3-8H,2,9H2,1H3,(H,13,14). The SMILES string of the molecule is CCNc1nccn1Cc1cccnc1. The van der Waals surface area contributed by atoms with Gasteiger partial charge in [0.25, 0.3) is 0 Å². The van der Waals surface area contributed by atoms with Gasteiger partial charge in [0.15, 0.2) is 0 Å². The Morgan fingerprint density at radius 2 is 2.33 bits per heavy atom. The first-order valence-electron chi connectivity index (χ1n) is 5.04. The molecule has 4 heteroatoms. The van der Waals surface area contributed by atoms with Crippen LogP contribution in [0.3, 0.4) is 0 Å². The van der Waals surface area contributed by atoms with Gasteiger partial charge in [0.05, 0.1) is 6.54 Å². The normalized spacial score (nSPS) is 10.2. The highest BCUT2D eigenvalue weighted by molar-refractivity contribution is 5.27. The topological polar surface area (TPSA) is 42.7 Å². The van der Waals surface area contributed by atoms with Gasteiger partial charge >= 0.3 is 0 Å². The van der Waals surface area contributed by atoms with E-state index in [1.165, 1.54) is 5.56 Å². The Kier molecular flexibility index (Phi) is 2.97. The molecule has 0 saturated carbocycles. The third kappa shape index (κ3) is 2.34. The zero-order valence-electron chi connectivity index (χ0n) is 8.72. The Bertz CT molecular complexity index is 408. The van der Waals surface area contributed by atoms with E-state index in [2.05, 4.69) is 32.8 Å². The van der Waals surface area contributed by atoms with Crippen molar-refractivity contribution in [1.29, 1.82) is 0 Å². The van der Waals surface area contributed by atoms with Gasteiger partial charge in [-0.1, -0.05) is 6.07 Å². The van der Waals surface area contributed by atoms with Crippen LogP contribution in [0.25, 0.3) is 0 Å². The molecule has 0 bridgehead atoms. The van der Waals surface area contributed by atoms with E-state index in [0.29, 0.717) is 0 Å². The molecule has 15 heavy (non-hydrogen) atoms. The van der Waals surface area contributed by atoms with Crippen molar-refractivity contribution in [2.24, 2.45) is 0 Å². The van der Waals surface area contributed by atoms with Crippen molar-refractivity contribution in [2.75, 3.05) is 11.9 Å². The number of hydrogen-bond acceptors (Lipinski definition) is 3. The number of pyridine rings is 1. The lowest BCUT2D eigenvalue weighted by atomic mass is 10.3. The number of nitrogens with one attached hydrogen (secondary N) is 1. The van der Waals surface area contributed by atoms with Crippen LogP contribution in [0, 0.1) is 0 Å². The lowest BCUT2D eigenvalue weighted by Crippen LogP contribution is -2.07. The Labute approximate surface area is 89.0 Å². The maximum Gasteiger partial charge on any atom is 0.203 e. The van der Waals surface area contributed by atoms with Gasteiger partial charge in [0.1, 0.15) is 0 Å². The van der Waals surface area contributed by atoms with Gasteiger partial charge in [0.2, 0.25) is 5.95 Å². The molecular formula is C11H14N4. The number of imidazole rings is 1. The van der Waals surface area contributed by atoms with Crippen molar-refractivity contribution in [1.82, 2.24) is 14.5 Å². The molecule has 0 unspecified atom stereocenters. The molecule has 78 valence electrons. The van der Waals surface area contributed by atoms with Crippen LogP contribution in [0.5, 0.6) is 0 Å². The molecule has 0 atom stereocenters. The molecule has 0 fully saturated rings. The van der Waals surface area contributed by atoms with E-state index < -0.39 is 0 Å². The van der Waals surface area contributed by atoms with Gasteiger partial charge in [-0.2, -0.15) is 0 Å². The summed E-state index contributed by atoms with van der Waals surface area (Å²) in [7, 11) is 0. The first-order chi connectivity index (χ1) is 7.40. The number of aromatic nitrogens is 3. The largest absolute Gasteiger partial charge is 0.356 e. The summed E-state index contributed by atoms with van der Waals surface area (Å²) in [5.41, 5.74) is 1.18. The summed E-state index contributed by atoms with van der Waals surface area (Å²) in [5.74, 6) is 0.904. The number of hydrogen-bond donors (Lipinski definition) is 1. The molecule has 2 heterocycles. The fourth-order valence-corrected chi connectivity index (χ4v) is 1.45. The molecule has 2 aromatic heterocycles. The maximum absolute atomic E-state index is 4.23. The Balaban J connectivity index is 2.14. The average molecular weight is 202 g/mol. The molecule has 0 spiro atoms. The number of anilines is 1. The summed E-state index contributed by atoms with van der Waals surface area (Å²) in [5, 5.41) is 3.21. The van der Waals surface area contributed by atoms with Crippen molar-refractivity contribution < 1.29 is 0 Å². The maximum atomic E-state index is 4.23. The van der Waals surface area contributed by atoms with E-state index >= 15 is 0 Å². The van der Waals surface area contributed by atoms with Crippen molar-refractivity contribution in [2.45, 2.75) is 13.5 Å². The van der Waals surface area contributed by atoms with Crippen molar-refractivity contribution in [3.05, 3.63) is 42.5 Å². The van der Waals surface area contributed by atoms with Gasteiger partial charge in [-0.3, -0.25) is 4.98 Å². The fourth-order valence-electron chi connectivity index (χ4n) is 1.45. The van der Waals surface area contributed by atoms with Gasteiger partial charge in [0, 0.05) is 31.3 Å². The van der Waals surface area contributed by atoms with Crippen LogP contribution >= 0.6 is 0 Å². The predicted octanol–water partition coefficient (Wildman–Crippen LogP) is 1.76. The lowest BCUT2D eigenvalue weighted by Gasteiger charge is -2.07. The molecule has 4 nitrogen and oxygen atoms in total. The highest BCUT2D eigenvalue weighted by atomic mass is 15.2. The second-order valence-electron chi connectivity index (χ2n) is 3.27. The van der Waals surface area contributed by atoms with Gasteiger partial charge in [-0.25, -0.2) is 4.98 Å². The van der Waals surface area contributed by atoms with Crippen LogP contribution < -0.4 is 5.32 Å². The van der Waals surface area contributed by atoms with E-state index in [-0.39, 0.29) is 0 Å². The van der Waals surface area contributed by atoms with Gasteiger partial charge in [-0.15, -0.1) is 0 Å². The van der Waals surface area contributed by atoms with Crippen LogP contribution in [0.2, 0.25) is 0 Å². The van der Waals surface area contributed by atoms with Gasteiger partial charge < -0.3 is 9.88 Å². The van der Waals surface area contributed by atoms with Crippen molar-refractivity contribution in [3.63, 3.8) is 0 Å². The minimum absolute atomic E-state index is 0.802. The summed E-state index contributed by atoms with van der Waals surface area (Å²) >= 11 is 0. The zero-order valence-corrected chi connectivity index (χ0v) is 8.72. The molecule has 0 aliphatic heterocycles. The zero-order chi connectivity index (χ0) is 10.5. The summed E-state index contributed by atoms with van der Waals surface area (Å²) in [6, 6.07) is 4.00. The summed E-state index contributed by atoms with van der Waals surface area (Å²) in [4.78, 5) is 8.32. The quantitative estimate of drug-likeness (QED) is 0.821. The smallest absolute Gasteiger partial charge is 0.203 e. The third-order valence-electron chi connectivity index (χ3n) is 2.13. The average Bonchev–Trinajstić information content (AvgIpc) is 2.68. The molecule has 0 radical (unpaired) electrons. The monoisotopic (exact) mass is 202 g/mol. The lowest BCUT2D eigenvalue weighted by molar-refractivity contribution is 0.796. The first kappa shape index (κ1) is 9.71. The summed E-state index contributed by atoms with van der Waals surface area (Å²) in [6.45, 7) is 3.74. The molecular weight excluding hydrogens is 188 g/mol. The van der Waals surface area contributed by atoms with Crippen LogP contribution in [0.15, 0.2) is 36.9 Å². The van der Waals surface area contributed by atoms with E-state index in [1.54, 1.807) is 12.4 Å². The van der Waals surface area contributed by atoms with Crippen molar-refractivity contribution >= 4 is 5.95 Å². The number of rotatable bonds is 4. The van der Waals surface area contributed by atoms with E-state index in [4.69, 9.17) is 0 Å². The Hall–Kier alpha value is -1.84. The van der Waals surface area contributed by atoms with Crippen LogP contribution in [0.1, 0.15) is 12.5 Å². The molecule has 2 aromatic rings. The molecule has 0 aliphatic rings. The highest BCUT2D eigenvalue weighted by Crippen LogP contribution is 2.07. The van der Waals surface area contributed by atoms with Crippen LogP contribution in [-0.4, -0.2) is 21.1 Å². The molecule has 0 amide bonds. The Morgan fingerprint density at radius 3 is 3.07 bits per heavy atom. The summed E-state index contributed by atoms with van der Waals surface area (Å²) < 4.78 is 2.07. The highest BCUT2D eigenvalue weighted by Gasteiger charge is 2.01. The molecule has 2 rings (SSSR count). The van der Waals surface area contributed by atoms with Gasteiger partial charge in [-0.05, 0) is 18.6 Å². The van der Waals surface area contributed by atoms with Crippen LogP contribution in [0.4, 0.5) is 5.95 Å². The van der Waals surface area contributed by atoms with Crippen LogP contribution in [-0.2, 0) is 6.54 Å². The predicted molar refractivity (Wildman–Crippen MR) is 59.7 cm³/mol. The second-order valence-corrected chi connectivity index (χ2v) is 3.27. The fraction of sp³-hybridized carbons (Fsp3) is 0.273. The molecule has 1 N–H and O–H groups in total. The molecule has 0 aliphatic carbocycles. The Morgan fingerprint density at radius 1 is 1.40 bits per heavy atom. The van der Waals surface area contributed by atoms with E-state index in [9.17, 15) is 0 Å². The van der Waals surface area contributed by atoms with Crippen molar-refractivity contribution in [3.8, 4) is 0 Å². The summed E-state index contributed by atoms with van der Waals surface area (Å²) in [6.07, 6.45) is 7.41.